The van der Waals surface area contributed by atoms with Gasteiger partial charge in [0, 0.05) is 0 Å². The summed E-state index contributed by atoms with van der Waals surface area (Å²) < 4.78 is 21.9. The summed E-state index contributed by atoms with van der Waals surface area (Å²) in [5, 5.41) is 5.20. The van der Waals surface area contributed by atoms with Crippen molar-refractivity contribution in [3.63, 3.8) is 0 Å². The van der Waals surface area contributed by atoms with Gasteiger partial charge >= 0.3 is 5.97 Å². The largest absolute Gasteiger partial charge is 0.495 e. The highest BCUT2D eigenvalue weighted by molar-refractivity contribution is 5.96. The van der Waals surface area contributed by atoms with Gasteiger partial charge in [0.15, 0.2) is 18.1 Å². The maximum absolute atomic E-state index is 13.2. The Morgan fingerprint density at radius 1 is 0.971 bits per heavy atom. The third-order valence-electron chi connectivity index (χ3n) is 6.35. The average Bonchev–Trinajstić information content (AvgIpc) is 3.37. The first kappa shape index (κ1) is 24.4. The van der Waals surface area contributed by atoms with Crippen molar-refractivity contribution in [2.75, 3.05) is 38.8 Å². The number of hydrogen-bond acceptors (Lipinski definition) is 7. The second kappa shape index (κ2) is 10.7. The van der Waals surface area contributed by atoms with Gasteiger partial charge < -0.3 is 29.6 Å². The molecule has 1 heterocycles. The van der Waals surface area contributed by atoms with E-state index in [1.165, 1.54) is 7.11 Å². The van der Waals surface area contributed by atoms with Gasteiger partial charge in [0.05, 0.1) is 24.8 Å². The Bertz CT molecular complexity index is 1110. The lowest BCUT2D eigenvalue weighted by Gasteiger charge is -2.28. The van der Waals surface area contributed by atoms with E-state index in [0.29, 0.717) is 49.0 Å². The van der Waals surface area contributed by atoms with Crippen LogP contribution in [-0.2, 0) is 24.5 Å². The molecule has 186 valence electrons. The molecule has 0 unspecified atom stereocenters. The van der Waals surface area contributed by atoms with Crippen molar-refractivity contribution in [1.82, 2.24) is 5.32 Å². The molecular weight excluding hydrogens is 452 g/mol. The molecule has 1 aliphatic heterocycles. The monoisotopic (exact) mass is 482 g/mol. The Balaban J connectivity index is 1.32. The number of esters is 1. The quantitative estimate of drug-likeness (QED) is 0.557. The van der Waals surface area contributed by atoms with Gasteiger partial charge in [-0.2, -0.15) is 0 Å². The van der Waals surface area contributed by atoms with E-state index in [9.17, 15) is 14.4 Å². The number of carbonyl (C=O) groups is 3. The molecule has 0 spiro atoms. The third-order valence-corrected chi connectivity index (χ3v) is 6.35. The number of methoxy groups -OCH3 is 1. The van der Waals surface area contributed by atoms with E-state index < -0.39 is 29.8 Å². The summed E-state index contributed by atoms with van der Waals surface area (Å²) in [5.74, 6) is 0.363. The minimum Gasteiger partial charge on any atom is -0.495 e. The molecule has 1 aliphatic carbocycles. The van der Waals surface area contributed by atoms with Gasteiger partial charge in [-0.25, -0.2) is 0 Å². The highest BCUT2D eigenvalue weighted by atomic mass is 16.6. The van der Waals surface area contributed by atoms with E-state index in [1.807, 2.05) is 31.2 Å². The van der Waals surface area contributed by atoms with Crippen LogP contribution in [0.2, 0.25) is 0 Å². The van der Waals surface area contributed by atoms with Crippen molar-refractivity contribution in [3.05, 3.63) is 47.5 Å². The molecule has 1 fully saturated rings. The predicted molar refractivity (Wildman–Crippen MR) is 128 cm³/mol. The number of amides is 2. The first-order valence-electron chi connectivity index (χ1n) is 11.7. The number of benzene rings is 2. The van der Waals surface area contributed by atoms with E-state index >= 15 is 0 Å². The van der Waals surface area contributed by atoms with Crippen molar-refractivity contribution in [2.45, 2.75) is 38.0 Å². The smallest absolute Gasteiger partial charge is 0.317 e. The summed E-state index contributed by atoms with van der Waals surface area (Å²) in [6.45, 7) is 2.11. The topological polar surface area (TPSA) is 112 Å². The van der Waals surface area contributed by atoms with E-state index in [0.717, 1.165) is 24.0 Å². The van der Waals surface area contributed by atoms with Crippen LogP contribution >= 0.6 is 0 Å². The van der Waals surface area contributed by atoms with E-state index in [4.69, 9.17) is 18.9 Å². The van der Waals surface area contributed by atoms with Crippen molar-refractivity contribution in [3.8, 4) is 17.2 Å². The van der Waals surface area contributed by atoms with Crippen LogP contribution in [0.15, 0.2) is 36.4 Å². The molecular formula is C26H30N2O7. The summed E-state index contributed by atoms with van der Waals surface area (Å²) in [4.78, 5) is 37.7. The number of rotatable bonds is 8. The number of hydrogen-bond donors (Lipinski definition) is 2. The van der Waals surface area contributed by atoms with Crippen molar-refractivity contribution < 1.29 is 33.3 Å². The molecule has 2 aliphatic rings. The van der Waals surface area contributed by atoms with Crippen LogP contribution in [0.1, 0.15) is 36.8 Å². The maximum atomic E-state index is 13.2. The summed E-state index contributed by atoms with van der Waals surface area (Å²) in [7, 11) is 1.51. The van der Waals surface area contributed by atoms with Crippen LogP contribution in [0.4, 0.5) is 5.69 Å². The predicted octanol–water partition coefficient (Wildman–Crippen LogP) is 2.88. The fraction of sp³-hybridized carbons (Fsp3) is 0.423. The molecule has 9 heteroatoms. The van der Waals surface area contributed by atoms with Crippen LogP contribution in [0, 0.1) is 6.92 Å². The molecule has 0 aromatic heterocycles. The zero-order valence-corrected chi connectivity index (χ0v) is 20.0. The van der Waals surface area contributed by atoms with Gasteiger partial charge in [-0.05, 0) is 55.2 Å². The average molecular weight is 483 g/mol. The summed E-state index contributed by atoms with van der Waals surface area (Å²) in [6.07, 6.45) is 3.04. The summed E-state index contributed by atoms with van der Waals surface area (Å²) >= 11 is 0. The molecule has 4 rings (SSSR count). The minimum absolute atomic E-state index is 0.263. The highest BCUT2D eigenvalue weighted by Crippen LogP contribution is 2.45. The lowest BCUT2D eigenvalue weighted by molar-refractivity contribution is -0.154. The van der Waals surface area contributed by atoms with E-state index in [1.54, 1.807) is 12.1 Å². The Morgan fingerprint density at radius 3 is 2.46 bits per heavy atom. The van der Waals surface area contributed by atoms with E-state index in [2.05, 4.69) is 10.6 Å². The van der Waals surface area contributed by atoms with Crippen LogP contribution in [0.5, 0.6) is 17.2 Å². The van der Waals surface area contributed by atoms with E-state index in [-0.39, 0.29) is 6.54 Å². The second-order valence-corrected chi connectivity index (χ2v) is 8.75. The van der Waals surface area contributed by atoms with Crippen LogP contribution in [-0.4, -0.2) is 51.3 Å². The van der Waals surface area contributed by atoms with Crippen molar-refractivity contribution >= 4 is 23.5 Å². The summed E-state index contributed by atoms with van der Waals surface area (Å²) in [6, 6.07) is 10.9. The Kier molecular flexibility index (Phi) is 7.43. The van der Waals surface area contributed by atoms with Crippen LogP contribution in [0.3, 0.4) is 0 Å². The van der Waals surface area contributed by atoms with Crippen molar-refractivity contribution in [2.24, 2.45) is 0 Å². The minimum atomic E-state index is -0.824. The Morgan fingerprint density at radius 2 is 1.71 bits per heavy atom. The molecule has 0 atom stereocenters. The molecule has 9 nitrogen and oxygen atoms in total. The second-order valence-electron chi connectivity index (χ2n) is 8.75. The Hall–Kier alpha value is -3.75. The molecule has 0 saturated heterocycles. The van der Waals surface area contributed by atoms with Gasteiger partial charge in [-0.3, -0.25) is 14.4 Å². The number of carbonyl (C=O) groups excluding carboxylic acids is 3. The van der Waals surface area contributed by atoms with Gasteiger partial charge in [0.2, 0.25) is 5.91 Å². The maximum Gasteiger partial charge on any atom is 0.317 e. The molecule has 2 aromatic rings. The Labute approximate surface area is 204 Å². The first-order chi connectivity index (χ1) is 16.9. The molecule has 0 radical (unpaired) electrons. The highest BCUT2D eigenvalue weighted by Gasteiger charge is 2.45. The SMILES string of the molecule is COc1ccc(C)cc1NC(=O)CNC(=O)COC(=O)C1(c2ccc3c(c2)OCCO3)CCCC1. The van der Waals surface area contributed by atoms with Gasteiger partial charge in [0.25, 0.3) is 5.91 Å². The standard InChI is InChI=1S/C26H30N2O7/c1-17-5-7-20(32-2)19(13-17)28-23(29)15-27-24(30)16-35-25(31)26(9-3-4-10-26)18-6-8-21-22(14-18)34-12-11-33-21/h5-8,13-14H,3-4,9-12,15-16H2,1-2H3,(H,27,30)(H,28,29). The molecule has 35 heavy (non-hydrogen) atoms. The van der Waals surface area contributed by atoms with Crippen LogP contribution in [0.25, 0.3) is 0 Å². The van der Waals surface area contributed by atoms with Crippen molar-refractivity contribution in [1.29, 1.82) is 0 Å². The number of aryl methyl sites for hydroxylation is 1. The van der Waals surface area contributed by atoms with Gasteiger partial charge in [0.1, 0.15) is 19.0 Å². The number of ether oxygens (including phenoxy) is 4. The van der Waals surface area contributed by atoms with Gasteiger partial charge in [-0.15, -0.1) is 0 Å². The molecule has 2 N–H and O–H groups in total. The zero-order valence-electron chi connectivity index (χ0n) is 20.0. The molecule has 0 bridgehead atoms. The fourth-order valence-corrected chi connectivity index (χ4v) is 4.54. The third kappa shape index (κ3) is 5.50. The first-order valence-corrected chi connectivity index (χ1v) is 11.7. The molecule has 2 amide bonds. The van der Waals surface area contributed by atoms with Gasteiger partial charge in [-0.1, -0.05) is 25.0 Å². The lowest BCUT2D eigenvalue weighted by atomic mass is 9.78. The molecule has 1 saturated carbocycles. The lowest BCUT2D eigenvalue weighted by Crippen LogP contribution is -2.39. The molecule has 2 aromatic carbocycles. The number of nitrogens with one attached hydrogen (secondary N) is 2. The fourth-order valence-electron chi connectivity index (χ4n) is 4.54. The number of fused-ring (bicyclic) bond motifs is 1. The van der Waals surface area contributed by atoms with Crippen LogP contribution < -0.4 is 24.8 Å². The summed E-state index contributed by atoms with van der Waals surface area (Å²) in [5.41, 5.74) is 1.45. The normalized spacial score (nSPS) is 15.7. The number of anilines is 1. The zero-order chi connectivity index (χ0) is 24.8.